The van der Waals surface area contributed by atoms with E-state index in [-0.39, 0.29) is 18.4 Å². The first kappa shape index (κ1) is 23.0. The molecular formula is C26H27N5O3. The highest BCUT2D eigenvalue weighted by Crippen LogP contribution is 2.18. The first-order valence-corrected chi connectivity index (χ1v) is 11.0. The van der Waals surface area contributed by atoms with Crippen LogP contribution in [0.1, 0.15) is 18.1 Å². The van der Waals surface area contributed by atoms with Gasteiger partial charge in [0.15, 0.2) is 0 Å². The van der Waals surface area contributed by atoms with Crippen LogP contribution in [-0.4, -0.2) is 44.9 Å². The molecule has 1 aromatic heterocycles. The van der Waals surface area contributed by atoms with Gasteiger partial charge in [0.2, 0.25) is 11.8 Å². The van der Waals surface area contributed by atoms with Gasteiger partial charge in [-0.3, -0.25) is 9.59 Å². The lowest BCUT2D eigenvalue weighted by atomic mass is 10.1. The first-order valence-electron chi connectivity index (χ1n) is 11.0. The van der Waals surface area contributed by atoms with Crippen LogP contribution in [0.25, 0.3) is 11.0 Å². The van der Waals surface area contributed by atoms with E-state index in [0.717, 1.165) is 16.6 Å². The Morgan fingerprint density at radius 1 is 1.03 bits per heavy atom. The maximum Gasteiger partial charge on any atom is 0.246 e. The molecule has 0 spiro atoms. The molecule has 4 aromatic rings. The van der Waals surface area contributed by atoms with Crippen molar-refractivity contribution < 1.29 is 14.3 Å². The molecule has 0 fully saturated rings. The zero-order valence-electron chi connectivity index (χ0n) is 19.4. The molecule has 0 radical (unpaired) electrons. The number of anilines is 1. The highest BCUT2D eigenvalue weighted by Gasteiger charge is 2.27. The minimum Gasteiger partial charge on any atom is -0.497 e. The zero-order chi connectivity index (χ0) is 24.1. The third kappa shape index (κ3) is 5.06. The maximum atomic E-state index is 13.5. The van der Waals surface area contributed by atoms with Crippen molar-refractivity contribution in [1.82, 2.24) is 19.9 Å². The van der Waals surface area contributed by atoms with Crippen LogP contribution in [0.2, 0.25) is 0 Å². The van der Waals surface area contributed by atoms with E-state index in [9.17, 15) is 9.59 Å². The zero-order valence-corrected chi connectivity index (χ0v) is 19.4. The van der Waals surface area contributed by atoms with Gasteiger partial charge in [0.25, 0.3) is 0 Å². The molecule has 0 aliphatic heterocycles. The van der Waals surface area contributed by atoms with Crippen molar-refractivity contribution in [1.29, 1.82) is 0 Å². The number of aryl methyl sites for hydroxylation is 1. The number of para-hydroxylation sites is 1. The summed E-state index contributed by atoms with van der Waals surface area (Å²) in [6.45, 7) is 4.00. The third-order valence-electron chi connectivity index (χ3n) is 5.83. The van der Waals surface area contributed by atoms with Crippen molar-refractivity contribution >= 4 is 28.5 Å². The van der Waals surface area contributed by atoms with Crippen LogP contribution in [0, 0.1) is 6.92 Å². The Bertz CT molecular complexity index is 1300. The lowest BCUT2D eigenvalue weighted by Gasteiger charge is -2.29. The van der Waals surface area contributed by atoms with Gasteiger partial charge >= 0.3 is 0 Å². The van der Waals surface area contributed by atoms with Gasteiger partial charge in [0.1, 0.15) is 23.9 Å². The number of benzene rings is 3. The molecule has 1 N–H and O–H groups in total. The molecule has 3 aromatic carbocycles. The molecule has 4 rings (SSSR count). The summed E-state index contributed by atoms with van der Waals surface area (Å²) in [6, 6.07) is 21.7. The molecule has 174 valence electrons. The fraction of sp³-hybridized carbons (Fsp3) is 0.231. The van der Waals surface area contributed by atoms with Crippen molar-refractivity contribution in [3.63, 3.8) is 0 Å². The molecular weight excluding hydrogens is 430 g/mol. The monoisotopic (exact) mass is 457 g/mol. The number of amides is 2. The number of rotatable bonds is 8. The van der Waals surface area contributed by atoms with Crippen LogP contribution in [0.4, 0.5) is 5.69 Å². The minimum atomic E-state index is -0.719. The molecule has 34 heavy (non-hydrogen) atoms. The van der Waals surface area contributed by atoms with Gasteiger partial charge in [-0.25, -0.2) is 4.68 Å². The summed E-state index contributed by atoms with van der Waals surface area (Å²) in [7, 11) is 1.59. The van der Waals surface area contributed by atoms with Crippen LogP contribution < -0.4 is 10.1 Å². The summed E-state index contributed by atoms with van der Waals surface area (Å²) in [5.74, 6) is 0.189. The summed E-state index contributed by atoms with van der Waals surface area (Å²) in [6.07, 6.45) is 0. The largest absolute Gasteiger partial charge is 0.497 e. The van der Waals surface area contributed by atoms with Crippen molar-refractivity contribution in [2.24, 2.45) is 0 Å². The van der Waals surface area contributed by atoms with Crippen molar-refractivity contribution in [2.75, 3.05) is 12.4 Å². The number of aromatic nitrogens is 3. The molecule has 2 amide bonds. The van der Waals surface area contributed by atoms with Gasteiger partial charge in [0, 0.05) is 12.2 Å². The molecule has 8 heteroatoms. The molecule has 0 saturated heterocycles. The van der Waals surface area contributed by atoms with E-state index in [1.165, 1.54) is 0 Å². The molecule has 0 bridgehead atoms. The Balaban J connectivity index is 1.57. The summed E-state index contributed by atoms with van der Waals surface area (Å²) in [5.41, 5.74) is 4.13. The number of fused-ring (bicyclic) bond motifs is 1. The molecule has 0 aliphatic rings. The summed E-state index contributed by atoms with van der Waals surface area (Å²) in [4.78, 5) is 28.2. The number of hydrogen-bond acceptors (Lipinski definition) is 5. The summed E-state index contributed by atoms with van der Waals surface area (Å²) in [5, 5.41) is 11.2. The Kier molecular flexibility index (Phi) is 6.87. The van der Waals surface area contributed by atoms with Crippen molar-refractivity contribution in [3.8, 4) is 5.75 Å². The molecule has 1 unspecified atom stereocenters. The standard InChI is InChI=1S/C26H27N5O3/c1-18-8-4-5-9-20(18)16-30(19(2)26(33)27-21-12-14-22(34-3)15-13-21)25(32)17-31-24-11-7-6-10-23(24)28-29-31/h4-15,19H,16-17H2,1-3H3,(H,27,33). The van der Waals surface area contributed by atoms with Crippen LogP contribution in [0.15, 0.2) is 72.8 Å². The number of hydrogen-bond donors (Lipinski definition) is 1. The van der Waals surface area contributed by atoms with Crippen LogP contribution >= 0.6 is 0 Å². The Hall–Kier alpha value is -4.20. The molecule has 8 nitrogen and oxygen atoms in total. The molecule has 1 heterocycles. The second kappa shape index (κ2) is 10.2. The van der Waals surface area contributed by atoms with E-state index in [1.54, 1.807) is 47.9 Å². The Labute approximate surface area is 198 Å². The molecule has 0 aliphatic carbocycles. The molecule has 0 saturated carbocycles. The lowest BCUT2D eigenvalue weighted by molar-refractivity contribution is -0.139. The van der Waals surface area contributed by atoms with E-state index >= 15 is 0 Å². The maximum absolute atomic E-state index is 13.5. The average molecular weight is 458 g/mol. The van der Waals surface area contributed by atoms with Gasteiger partial charge in [-0.2, -0.15) is 0 Å². The topological polar surface area (TPSA) is 89.4 Å². The fourth-order valence-corrected chi connectivity index (χ4v) is 3.73. The van der Waals surface area contributed by atoms with E-state index in [1.807, 2.05) is 55.5 Å². The Morgan fingerprint density at radius 3 is 2.47 bits per heavy atom. The number of carbonyl (C=O) groups excluding carboxylic acids is 2. The van der Waals surface area contributed by atoms with Crippen molar-refractivity contribution in [3.05, 3.63) is 83.9 Å². The predicted octanol–water partition coefficient (Wildman–Crippen LogP) is 3.80. The normalized spacial score (nSPS) is 11.7. The number of methoxy groups -OCH3 is 1. The van der Waals surface area contributed by atoms with Crippen LogP contribution in [-0.2, 0) is 22.7 Å². The van der Waals surface area contributed by atoms with Gasteiger partial charge in [-0.15, -0.1) is 5.10 Å². The second-order valence-electron chi connectivity index (χ2n) is 8.08. The van der Waals surface area contributed by atoms with Crippen LogP contribution in [0.5, 0.6) is 5.75 Å². The SMILES string of the molecule is COc1ccc(NC(=O)C(C)N(Cc2ccccc2C)C(=O)Cn2nnc3ccccc32)cc1. The number of ether oxygens (including phenoxy) is 1. The third-order valence-corrected chi connectivity index (χ3v) is 5.83. The quantitative estimate of drug-likeness (QED) is 0.435. The predicted molar refractivity (Wildman–Crippen MR) is 130 cm³/mol. The van der Waals surface area contributed by atoms with E-state index in [4.69, 9.17) is 4.74 Å². The second-order valence-corrected chi connectivity index (χ2v) is 8.08. The lowest BCUT2D eigenvalue weighted by Crippen LogP contribution is -2.46. The summed E-state index contributed by atoms with van der Waals surface area (Å²) >= 11 is 0. The van der Waals surface area contributed by atoms with E-state index in [2.05, 4.69) is 15.6 Å². The number of nitrogens with zero attached hydrogens (tertiary/aromatic N) is 4. The minimum absolute atomic E-state index is 0.0213. The Morgan fingerprint density at radius 2 is 1.74 bits per heavy atom. The van der Waals surface area contributed by atoms with Crippen LogP contribution in [0.3, 0.4) is 0 Å². The van der Waals surface area contributed by atoms with Gasteiger partial charge < -0.3 is 15.0 Å². The summed E-state index contributed by atoms with van der Waals surface area (Å²) < 4.78 is 6.74. The van der Waals surface area contributed by atoms with Gasteiger partial charge in [0.05, 0.1) is 12.6 Å². The van der Waals surface area contributed by atoms with E-state index in [0.29, 0.717) is 23.5 Å². The average Bonchev–Trinajstić information content (AvgIpc) is 3.26. The smallest absolute Gasteiger partial charge is 0.246 e. The van der Waals surface area contributed by atoms with Gasteiger partial charge in [-0.05, 0) is 61.4 Å². The number of carbonyl (C=O) groups is 2. The highest BCUT2D eigenvalue weighted by atomic mass is 16.5. The number of nitrogens with one attached hydrogen (secondary N) is 1. The fourth-order valence-electron chi connectivity index (χ4n) is 3.73. The van der Waals surface area contributed by atoms with E-state index < -0.39 is 6.04 Å². The first-order chi connectivity index (χ1) is 16.5. The highest BCUT2D eigenvalue weighted by molar-refractivity contribution is 5.97. The van der Waals surface area contributed by atoms with Crippen molar-refractivity contribution in [2.45, 2.75) is 33.0 Å². The molecule has 1 atom stereocenters. The van der Waals surface area contributed by atoms with Gasteiger partial charge in [-0.1, -0.05) is 41.6 Å².